The highest BCUT2D eigenvalue weighted by atomic mass is 32.2. The van der Waals surface area contributed by atoms with E-state index < -0.39 is 22.0 Å². The number of benzene rings is 2. The zero-order valence-corrected chi connectivity index (χ0v) is 12.1. The molecule has 0 aliphatic carbocycles. The lowest BCUT2D eigenvalue weighted by atomic mass is 10.1. The molecule has 0 bridgehead atoms. The van der Waals surface area contributed by atoms with E-state index in [-0.39, 0.29) is 4.90 Å². The summed E-state index contributed by atoms with van der Waals surface area (Å²) in [6, 6.07) is 11.6. The van der Waals surface area contributed by atoms with Crippen LogP contribution in [0.15, 0.2) is 47.4 Å². The summed E-state index contributed by atoms with van der Waals surface area (Å²) in [5.74, 6) is -0.583. The van der Waals surface area contributed by atoms with Crippen molar-refractivity contribution >= 4 is 26.7 Å². The number of carbonyl (C=O) groups excluding carboxylic acids is 1. The summed E-state index contributed by atoms with van der Waals surface area (Å²) in [5.41, 5.74) is 0. The Labute approximate surface area is 118 Å². The number of rotatable bonds is 4. The Bertz CT molecular complexity index is 741. The molecule has 2 aromatic carbocycles. The van der Waals surface area contributed by atoms with E-state index in [0.29, 0.717) is 0 Å². The molecule has 0 aliphatic rings. The monoisotopic (exact) mass is 292 g/mol. The highest BCUT2D eigenvalue weighted by molar-refractivity contribution is 7.90. The third kappa shape index (κ3) is 2.97. The van der Waals surface area contributed by atoms with Gasteiger partial charge in [0.05, 0.1) is 10.9 Å². The number of fused-ring (bicyclic) bond motifs is 1. The number of hydrogen-bond acceptors (Lipinski definition) is 4. The van der Waals surface area contributed by atoms with Crippen molar-refractivity contribution in [2.45, 2.75) is 17.9 Å². The third-order valence-electron chi connectivity index (χ3n) is 3.09. The molecule has 6 heteroatoms. The Balaban J connectivity index is 2.34. The van der Waals surface area contributed by atoms with E-state index in [9.17, 15) is 13.2 Å². The maximum Gasteiger partial charge on any atom is 0.264 e. The lowest BCUT2D eigenvalue weighted by Gasteiger charge is -2.12. The zero-order chi connectivity index (χ0) is 14.8. The highest BCUT2D eigenvalue weighted by Gasteiger charge is 2.20. The van der Waals surface area contributed by atoms with Crippen LogP contribution in [0.4, 0.5) is 0 Å². The van der Waals surface area contributed by atoms with Gasteiger partial charge in [0.25, 0.3) is 15.9 Å². The molecular formula is C14H16N2O3S. The van der Waals surface area contributed by atoms with Crippen molar-refractivity contribution in [3.63, 3.8) is 0 Å². The molecule has 0 radical (unpaired) electrons. The van der Waals surface area contributed by atoms with Gasteiger partial charge in [-0.3, -0.25) is 4.79 Å². The molecule has 0 aromatic heterocycles. The van der Waals surface area contributed by atoms with E-state index in [2.05, 4.69) is 10.0 Å². The normalized spacial score (nSPS) is 13.1. The van der Waals surface area contributed by atoms with Crippen molar-refractivity contribution in [1.29, 1.82) is 0 Å². The van der Waals surface area contributed by atoms with E-state index in [0.717, 1.165) is 10.8 Å². The van der Waals surface area contributed by atoms with Gasteiger partial charge < -0.3 is 5.32 Å². The Morgan fingerprint density at radius 2 is 1.75 bits per heavy atom. The van der Waals surface area contributed by atoms with Crippen LogP contribution in [0.2, 0.25) is 0 Å². The van der Waals surface area contributed by atoms with Crippen molar-refractivity contribution in [2.24, 2.45) is 0 Å². The van der Waals surface area contributed by atoms with Gasteiger partial charge >= 0.3 is 0 Å². The van der Waals surface area contributed by atoms with Crippen molar-refractivity contribution < 1.29 is 13.2 Å². The molecule has 0 heterocycles. The van der Waals surface area contributed by atoms with Crippen LogP contribution in [0.25, 0.3) is 10.8 Å². The van der Waals surface area contributed by atoms with Crippen molar-refractivity contribution in [3.8, 4) is 0 Å². The van der Waals surface area contributed by atoms with Crippen LogP contribution in [-0.4, -0.2) is 27.4 Å². The summed E-state index contributed by atoms with van der Waals surface area (Å²) in [6.07, 6.45) is 0. The smallest absolute Gasteiger partial charge is 0.264 e. The van der Waals surface area contributed by atoms with E-state index in [1.54, 1.807) is 26.1 Å². The molecule has 0 aliphatic heterocycles. The first-order valence-corrected chi connectivity index (χ1v) is 7.65. The van der Waals surface area contributed by atoms with Gasteiger partial charge in [-0.2, -0.15) is 0 Å². The molecular weight excluding hydrogens is 276 g/mol. The predicted octanol–water partition coefficient (Wildman–Crippen LogP) is 1.25. The molecule has 20 heavy (non-hydrogen) atoms. The summed E-state index contributed by atoms with van der Waals surface area (Å²) in [6.45, 7) is 1.59. The van der Waals surface area contributed by atoms with Gasteiger partial charge in [-0.05, 0) is 36.9 Å². The van der Waals surface area contributed by atoms with Gasteiger partial charge in [-0.15, -0.1) is 0 Å². The van der Waals surface area contributed by atoms with Gasteiger partial charge in [0.15, 0.2) is 0 Å². The molecule has 0 unspecified atom stereocenters. The fourth-order valence-corrected chi connectivity index (χ4v) is 2.83. The maximum absolute atomic E-state index is 12.1. The summed E-state index contributed by atoms with van der Waals surface area (Å²) < 4.78 is 26.4. The number of hydrogen-bond donors (Lipinski definition) is 2. The SMILES string of the molecule is CN[C@@H](C)C(=O)NS(=O)(=O)c1ccc2ccccc2c1. The molecule has 2 aromatic rings. The Morgan fingerprint density at radius 1 is 1.10 bits per heavy atom. The van der Waals surface area contributed by atoms with Crippen LogP contribution in [0.5, 0.6) is 0 Å². The lowest BCUT2D eigenvalue weighted by Crippen LogP contribution is -2.43. The fraction of sp³-hybridized carbons (Fsp3) is 0.214. The van der Waals surface area contributed by atoms with Crippen molar-refractivity contribution in [3.05, 3.63) is 42.5 Å². The van der Waals surface area contributed by atoms with Crippen LogP contribution in [0.1, 0.15) is 6.92 Å². The molecule has 2 rings (SSSR count). The minimum Gasteiger partial charge on any atom is -0.309 e. The summed E-state index contributed by atoms with van der Waals surface area (Å²) >= 11 is 0. The molecule has 0 fully saturated rings. The van der Waals surface area contributed by atoms with Crippen LogP contribution in [-0.2, 0) is 14.8 Å². The Morgan fingerprint density at radius 3 is 2.40 bits per heavy atom. The first kappa shape index (κ1) is 14.5. The summed E-state index contributed by atoms with van der Waals surface area (Å²) in [7, 11) is -2.26. The van der Waals surface area contributed by atoms with E-state index in [1.807, 2.05) is 24.3 Å². The van der Waals surface area contributed by atoms with Crippen LogP contribution < -0.4 is 10.0 Å². The largest absolute Gasteiger partial charge is 0.309 e. The average Bonchev–Trinajstić information content (AvgIpc) is 2.45. The molecule has 1 amide bonds. The van der Waals surface area contributed by atoms with E-state index in [1.165, 1.54) is 6.07 Å². The second-order valence-corrected chi connectivity index (χ2v) is 6.17. The molecule has 1 atom stereocenters. The third-order valence-corrected chi connectivity index (χ3v) is 4.44. The number of carbonyl (C=O) groups is 1. The quantitative estimate of drug-likeness (QED) is 0.889. The number of amides is 1. The fourth-order valence-electron chi connectivity index (χ4n) is 1.75. The van der Waals surface area contributed by atoms with Gasteiger partial charge in [0, 0.05) is 0 Å². The second-order valence-electron chi connectivity index (χ2n) is 4.49. The second kappa shape index (κ2) is 5.60. The minimum absolute atomic E-state index is 0.0767. The van der Waals surface area contributed by atoms with Crippen LogP contribution in [0.3, 0.4) is 0 Å². The predicted molar refractivity (Wildman–Crippen MR) is 77.8 cm³/mol. The zero-order valence-electron chi connectivity index (χ0n) is 11.3. The summed E-state index contributed by atoms with van der Waals surface area (Å²) in [4.78, 5) is 11.8. The number of likely N-dealkylation sites (N-methyl/N-ethyl adjacent to an activating group) is 1. The maximum atomic E-state index is 12.1. The molecule has 5 nitrogen and oxygen atoms in total. The first-order chi connectivity index (χ1) is 9.44. The average molecular weight is 292 g/mol. The number of sulfonamides is 1. The van der Waals surface area contributed by atoms with Gasteiger partial charge in [-0.25, -0.2) is 13.1 Å². The Hall–Kier alpha value is -1.92. The molecule has 0 saturated heterocycles. The summed E-state index contributed by atoms with van der Waals surface area (Å²) in [5, 5.41) is 4.45. The van der Waals surface area contributed by atoms with Gasteiger partial charge in [0.2, 0.25) is 0 Å². The van der Waals surface area contributed by atoms with Crippen LogP contribution in [0, 0.1) is 0 Å². The topological polar surface area (TPSA) is 75.3 Å². The van der Waals surface area contributed by atoms with Gasteiger partial charge in [-0.1, -0.05) is 30.3 Å². The molecule has 2 N–H and O–H groups in total. The minimum atomic E-state index is -3.85. The molecule has 0 saturated carbocycles. The van der Waals surface area contributed by atoms with Gasteiger partial charge in [0.1, 0.15) is 0 Å². The Kier molecular flexibility index (Phi) is 4.06. The van der Waals surface area contributed by atoms with Crippen LogP contribution >= 0.6 is 0 Å². The highest BCUT2D eigenvalue weighted by Crippen LogP contribution is 2.18. The van der Waals surface area contributed by atoms with E-state index in [4.69, 9.17) is 0 Å². The first-order valence-electron chi connectivity index (χ1n) is 6.17. The standard InChI is InChI=1S/C14H16N2O3S/c1-10(15-2)14(17)16-20(18,19)13-8-7-11-5-3-4-6-12(11)9-13/h3-10,15H,1-2H3,(H,16,17)/t10-/m0/s1. The lowest BCUT2D eigenvalue weighted by molar-refractivity contribution is -0.120. The van der Waals surface area contributed by atoms with Crippen molar-refractivity contribution in [1.82, 2.24) is 10.0 Å². The number of nitrogens with one attached hydrogen (secondary N) is 2. The molecule has 106 valence electrons. The van der Waals surface area contributed by atoms with E-state index >= 15 is 0 Å². The van der Waals surface area contributed by atoms with Crippen molar-refractivity contribution in [2.75, 3.05) is 7.05 Å². The molecule has 0 spiro atoms.